The summed E-state index contributed by atoms with van der Waals surface area (Å²) in [5.41, 5.74) is 4.77. The topological polar surface area (TPSA) is 56.9 Å². The van der Waals surface area contributed by atoms with E-state index in [2.05, 4.69) is 27.8 Å². The normalized spacial score (nSPS) is 13.0. The van der Waals surface area contributed by atoms with Gasteiger partial charge in [-0.3, -0.25) is 4.79 Å². The largest absolute Gasteiger partial charge is 0.350 e. The zero-order valence-corrected chi connectivity index (χ0v) is 12.3. The summed E-state index contributed by atoms with van der Waals surface area (Å²) < 4.78 is 0. The summed E-state index contributed by atoms with van der Waals surface area (Å²) in [6.07, 6.45) is 0. The lowest BCUT2D eigenvalue weighted by atomic mass is 10.0. The first-order valence-electron chi connectivity index (χ1n) is 7.44. The number of nitrogens with one attached hydrogen (secondary N) is 3. The predicted molar refractivity (Wildman–Crippen MR) is 94.0 cm³/mol. The molecule has 1 aliphatic rings. The van der Waals surface area contributed by atoms with Crippen LogP contribution >= 0.6 is 0 Å². The highest BCUT2D eigenvalue weighted by molar-refractivity contribution is 6.04. The van der Waals surface area contributed by atoms with Crippen LogP contribution in [0.25, 0.3) is 11.4 Å². The fourth-order valence-electron chi connectivity index (χ4n) is 2.70. The third kappa shape index (κ3) is 2.51. The highest BCUT2D eigenvalue weighted by Crippen LogP contribution is 2.35. The van der Waals surface area contributed by atoms with E-state index >= 15 is 0 Å². The molecule has 112 valence electrons. The molecule has 23 heavy (non-hydrogen) atoms. The van der Waals surface area contributed by atoms with E-state index in [1.165, 1.54) is 6.07 Å². The van der Waals surface area contributed by atoms with E-state index < -0.39 is 0 Å². The van der Waals surface area contributed by atoms with Crippen LogP contribution < -0.4 is 16.2 Å². The van der Waals surface area contributed by atoms with Crippen molar-refractivity contribution >= 4 is 22.9 Å². The van der Waals surface area contributed by atoms with E-state index in [4.69, 9.17) is 0 Å². The molecule has 0 atom stereocenters. The Hall–Kier alpha value is -3.27. The van der Waals surface area contributed by atoms with Crippen molar-refractivity contribution in [2.75, 3.05) is 10.6 Å². The summed E-state index contributed by atoms with van der Waals surface area (Å²) in [5, 5.41) is 6.80. The van der Waals surface area contributed by atoms with Gasteiger partial charge in [0, 0.05) is 17.2 Å². The first-order valence-corrected chi connectivity index (χ1v) is 7.44. The molecule has 0 fully saturated rings. The van der Waals surface area contributed by atoms with Crippen LogP contribution in [0.2, 0.25) is 0 Å². The van der Waals surface area contributed by atoms with Gasteiger partial charge in [-0.1, -0.05) is 60.7 Å². The second-order valence-corrected chi connectivity index (χ2v) is 5.34. The number of aromatic amines is 1. The number of rotatable bonds is 2. The van der Waals surface area contributed by atoms with Crippen molar-refractivity contribution in [1.82, 2.24) is 4.98 Å². The number of hydrogen-bond acceptors (Lipinski definition) is 3. The summed E-state index contributed by atoms with van der Waals surface area (Å²) in [4.78, 5) is 14.4. The van der Waals surface area contributed by atoms with Gasteiger partial charge >= 0.3 is 0 Å². The Morgan fingerprint density at radius 2 is 1.17 bits per heavy atom. The Bertz CT molecular complexity index is 928. The molecule has 0 saturated heterocycles. The first kappa shape index (κ1) is 13.4. The molecule has 0 spiro atoms. The molecular weight excluding hydrogens is 286 g/mol. The van der Waals surface area contributed by atoms with Crippen molar-refractivity contribution < 1.29 is 0 Å². The number of H-pyrrole nitrogens is 1. The van der Waals surface area contributed by atoms with Gasteiger partial charge in [0.1, 0.15) is 5.82 Å². The van der Waals surface area contributed by atoms with Crippen molar-refractivity contribution in [3.05, 3.63) is 94.3 Å². The van der Waals surface area contributed by atoms with E-state index in [0.29, 0.717) is 5.82 Å². The zero-order valence-electron chi connectivity index (χ0n) is 12.3. The molecule has 2 aromatic carbocycles. The van der Waals surface area contributed by atoms with Gasteiger partial charge in [-0.2, -0.15) is 0 Å². The molecule has 4 rings (SSSR count). The summed E-state index contributed by atoms with van der Waals surface area (Å²) >= 11 is 0. The SMILES string of the molecule is O=c1ccc2c([nH]1)NC(c1ccccc1)=C(c1ccccc1)N2. The summed E-state index contributed by atoms with van der Waals surface area (Å²) in [6.45, 7) is 0. The van der Waals surface area contributed by atoms with Gasteiger partial charge < -0.3 is 15.6 Å². The van der Waals surface area contributed by atoms with Crippen LogP contribution in [0.1, 0.15) is 11.1 Å². The standard InChI is InChI=1S/C19H15N3O/c23-16-12-11-15-19(21-16)22-18(14-9-5-2-6-10-14)17(20-15)13-7-3-1-4-8-13/h1-12,20H,(H2,21,22,23). The lowest BCUT2D eigenvalue weighted by molar-refractivity contribution is 1.22. The Kier molecular flexibility index (Phi) is 3.20. The van der Waals surface area contributed by atoms with Crippen LogP contribution in [0.5, 0.6) is 0 Å². The third-order valence-corrected chi connectivity index (χ3v) is 3.80. The molecule has 1 aliphatic heterocycles. The molecule has 0 bridgehead atoms. The number of pyridine rings is 1. The number of hydrogen-bond donors (Lipinski definition) is 3. The molecule has 0 amide bonds. The van der Waals surface area contributed by atoms with Gasteiger partial charge in [0.25, 0.3) is 0 Å². The van der Waals surface area contributed by atoms with Gasteiger partial charge in [0.05, 0.1) is 17.1 Å². The Morgan fingerprint density at radius 1 is 0.609 bits per heavy atom. The smallest absolute Gasteiger partial charge is 0.249 e. The van der Waals surface area contributed by atoms with Gasteiger partial charge in [0.2, 0.25) is 5.56 Å². The zero-order chi connectivity index (χ0) is 15.6. The van der Waals surface area contributed by atoms with Gasteiger partial charge in [-0.05, 0) is 6.07 Å². The second-order valence-electron chi connectivity index (χ2n) is 5.34. The molecule has 1 aromatic heterocycles. The maximum Gasteiger partial charge on any atom is 0.249 e. The Balaban J connectivity index is 1.91. The van der Waals surface area contributed by atoms with Crippen LogP contribution in [0.4, 0.5) is 11.5 Å². The Labute approximate surface area is 133 Å². The van der Waals surface area contributed by atoms with Crippen LogP contribution in [0.3, 0.4) is 0 Å². The molecule has 0 aliphatic carbocycles. The molecule has 0 saturated carbocycles. The average Bonchev–Trinajstić information content (AvgIpc) is 2.62. The summed E-state index contributed by atoms with van der Waals surface area (Å²) in [7, 11) is 0. The molecule has 3 aromatic rings. The molecule has 4 nitrogen and oxygen atoms in total. The minimum atomic E-state index is -0.131. The van der Waals surface area contributed by atoms with Crippen LogP contribution in [-0.2, 0) is 0 Å². The highest BCUT2D eigenvalue weighted by atomic mass is 16.1. The fraction of sp³-hybridized carbons (Fsp3) is 0. The minimum absolute atomic E-state index is 0.131. The quantitative estimate of drug-likeness (QED) is 0.676. The van der Waals surface area contributed by atoms with E-state index in [1.54, 1.807) is 6.07 Å². The lowest BCUT2D eigenvalue weighted by Crippen LogP contribution is -2.19. The van der Waals surface area contributed by atoms with Gasteiger partial charge in [-0.15, -0.1) is 0 Å². The van der Waals surface area contributed by atoms with Crippen LogP contribution in [0.15, 0.2) is 77.6 Å². The number of anilines is 2. The lowest BCUT2D eigenvalue weighted by Gasteiger charge is -2.26. The fourth-order valence-corrected chi connectivity index (χ4v) is 2.70. The molecule has 0 radical (unpaired) electrons. The van der Waals surface area contributed by atoms with Gasteiger partial charge in [-0.25, -0.2) is 0 Å². The Morgan fingerprint density at radius 3 is 1.78 bits per heavy atom. The van der Waals surface area contributed by atoms with Crippen molar-refractivity contribution in [2.24, 2.45) is 0 Å². The van der Waals surface area contributed by atoms with Crippen LogP contribution in [-0.4, -0.2) is 4.98 Å². The predicted octanol–water partition coefficient (Wildman–Crippen LogP) is 3.74. The molecule has 0 unspecified atom stereocenters. The van der Waals surface area contributed by atoms with Crippen molar-refractivity contribution in [2.45, 2.75) is 0 Å². The highest BCUT2D eigenvalue weighted by Gasteiger charge is 2.20. The van der Waals surface area contributed by atoms with E-state index in [-0.39, 0.29) is 5.56 Å². The monoisotopic (exact) mass is 301 g/mol. The number of aromatic nitrogens is 1. The number of benzene rings is 2. The number of fused-ring (bicyclic) bond motifs is 1. The minimum Gasteiger partial charge on any atom is -0.350 e. The summed E-state index contributed by atoms with van der Waals surface area (Å²) in [6, 6.07) is 23.5. The maximum absolute atomic E-state index is 11.6. The van der Waals surface area contributed by atoms with Crippen molar-refractivity contribution in [1.29, 1.82) is 0 Å². The van der Waals surface area contributed by atoms with E-state index in [0.717, 1.165) is 28.2 Å². The van der Waals surface area contributed by atoms with E-state index in [9.17, 15) is 4.79 Å². The van der Waals surface area contributed by atoms with Crippen molar-refractivity contribution in [3.63, 3.8) is 0 Å². The third-order valence-electron chi connectivity index (χ3n) is 3.80. The maximum atomic E-state index is 11.6. The van der Waals surface area contributed by atoms with Gasteiger partial charge in [0.15, 0.2) is 0 Å². The molecule has 3 N–H and O–H groups in total. The van der Waals surface area contributed by atoms with Crippen LogP contribution in [0, 0.1) is 0 Å². The molecule has 2 heterocycles. The molecule has 4 heteroatoms. The van der Waals surface area contributed by atoms with E-state index in [1.807, 2.05) is 48.5 Å². The molecular formula is C19H15N3O. The van der Waals surface area contributed by atoms with Crippen molar-refractivity contribution in [3.8, 4) is 0 Å². The second kappa shape index (κ2) is 5.50. The average molecular weight is 301 g/mol. The summed E-state index contributed by atoms with van der Waals surface area (Å²) in [5.74, 6) is 0.677. The first-order chi connectivity index (χ1) is 11.3.